The normalized spacial score (nSPS) is 10.8. The molecule has 0 aliphatic heterocycles. The molecular formula is C19H21N5OS. The van der Waals surface area contributed by atoms with Crippen LogP contribution in [-0.2, 0) is 4.79 Å². The Labute approximate surface area is 157 Å². The monoisotopic (exact) mass is 367 g/mol. The molecule has 0 spiro atoms. The molecule has 0 radical (unpaired) electrons. The molecule has 6 nitrogen and oxygen atoms in total. The number of amides is 1. The van der Waals surface area contributed by atoms with Gasteiger partial charge >= 0.3 is 0 Å². The van der Waals surface area contributed by atoms with E-state index in [2.05, 4.69) is 27.8 Å². The standard InChI is InChI=1S/C19H21N5OS/c1-12-5-7-16(9-14(12)3)20-18(25)11-26-19-21-22-23-24(19)17-8-6-13(2)15(4)10-17/h5-10H,11H2,1-4H3,(H,20,25). The van der Waals surface area contributed by atoms with Gasteiger partial charge in [0.25, 0.3) is 0 Å². The van der Waals surface area contributed by atoms with E-state index in [0.29, 0.717) is 5.16 Å². The van der Waals surface area contributed by atoms with Crippen molar-refractivity contribution < 1.29 is 4.79 Å². The van der Waals surface area contributed by atoms with Crippen molar-refractivity contribution in [1.82, 2.24) is 20.2 Å². The maximum absolute atomic E-state index is 12.2. The van der Waals surface area contributed by atoms with Crippen LogP contribution in [0, 0.1) is 27.7 Å². The molecule has 1 N–H and O–H groups in total. The summed E-state index contributed by atoms with van der Waals surface area (Å²) in [7, 11) is 0. The molecule has 26 heavy (non-hydrogen) atoms. The van der Waals surface area contributed by atoms with E-state index in [0.717, 1.165) is 16.9 Å². The smallest absolute Gasteiger partial charge is 0.234 e. The van der Waals surface area contributed by atoms with Crippen LogP contribution in [0.15, 0.2) is 41.6 Å². The van der Waals surface area contributed by atoms with Crippen LogP contribution in [-0.4, -0.2) is 31.9 Å². The highest BCUT2D eigenvalue weighted by Gasteiger charge is 2.12. The third kappa shape index (κ3) is 4.11. The average Bonchev–Trinajstić information content (AvgIpc) is 3.07. The highest BCUT2D eigenvalue weighted by Crippen LogP contribution is 2.21. The Bertz CT molecular complexity index is 951. The van der Waals surface area contributed by atoms with Crippen LogP contribution >= 0.6 is 11.8 Å². The van der Waals surface area contributed by atoms with E-state index in [4.69, 9.17) is 0 Å². The molecule has 2 aromatic carbocycles. The summed E-state index contributed by atoms with van der Waals surface area (Å²) in [5, 5.41) is 15.3. The third-order valence-corrected chi connectivity index (χ3v) is 5.22. The van der Waals surface area contributed by atoms with Gasteiger partial charge in [0.15, 0.2) is 0 Å². The Balaban J connectivity index is 1.66. The van der Waals surface area contributed by atoms with Crippen molar-refractivity contribution >= 4 is 23.4 Å². The second-order valence-corrected chi connectivity index (χ2v) is 7.22. The minimum Gasteiger partial charge on any atom is -0.325 e. The lowest BCUT2D eigenvalue weighted by atomic mass is 10.1. The van der Waals surface area contributed by atoms with Crippen LogP contribution in [0.2, 0.25) is 0 Å². The highest BCUT2D eigenvalue weighted by atomic mass is 32.2. The first-order chi connectivity index (χ1) is 12.4. The quantitative estimate of drug-likeness (QED) is 0.697. The number of nitrogens with zero attached hydrogens (tertiary/aromatic N) is 4. The minimum atomic E-state index is -0.0899. The molecule has 1 heterocycles. The highest BCUT2D eigenvalue weighted by molar-refractivity contribution is 7.99. The first-order valence-corrected chi connectivity index (χ1v) is 9.28. The molecule has 3 rings (SSSR count). The van der Waals surface area contributed by atoms with E-state index in [1.165, 1.54) is 28.5 Å². The summed E-state index contributed by atoms with van der Waals surface area (Å²) in [5.41, 5.74) is 6.41. The van der Waals surface area contributed by atoms with Crippen molar-refractivity contribution in [3.63, 3.8) is 0 Å². The zero-order valence-corrected chi connectivity index (χ0v) is 16.1. The largest absolute Gasteiger partial charge is 0.325 e. The summed E-state index contributed by atoms with van der Waals surface area (Å²) < 4.78 is 1.65. The molecule has 0 saturated carbocycles. The molecule has 0 atom stereocenters. The van der Waals surface area contributed by atoms with Gasteiger partial charge in [0, 0.05) is 5.69 Å². The van der Waals surface area contributed by atoms with Crippen molar-refractivity contribution in [3.05, 3.63) is 58.7 Å². The Morgan fingerprint density at radius 2 is 1.69 bits per heavy atom. The van der Waals surface area contributed by atoms with Gasteiger partial charge in [-0.1, -0.05) is 23.9 Å². The molecule has 0 unspecified atom stereocenters. The summed E-state index contributed by atoms with van der Waals surface area (Å²) in [6, 6.07) is 11.9. The van der Waals surface area contributed by atoms with E-state index in [1.807, 2.05) is 57.2 Å². The van der Waals surface area contributed by atoms with Crippen molar-refractivity contribution in [2.45, 2.75) is 32.9 Å². The summed E-state index contributed by atoms with van der Waals surface area (Å²) in [6.45, 7) is 8.18. The number of nitrogens with one attached hydrogen (secondary N) is 1. The fourth-order valence-corrected chi connectivity index (χ4v) is 3.13. The average molecular weight is 367 g/mol. The second-order valence-electron chi connectivity index (χ2n) is 6.28. The molecule has 0 aliphatic rings. The summed E-state index contributed by atoms with van der Waals surface area (Å²) in [5.74, 6) is 0.144. The predicted molar refractivity (Wildman–Crippen MR) is 104 cm³/mol. The summed E-state index contributed by atoms with van der Waals surface area (Å²) in [6.07, 6.45) is 0. The number of benzene rings is 2. The zero-order chi connectivity index (χ0) is 18.7. The number of hydrogen-bond donors (Lipinski definition) is 1. The summed E-state index contributed by atoms with van der Waals surface area (Å²) >= 11 is 1.31. The number of anilines is 1. The molecular weight excluding hydrogens is 346 g/mol. The number of thioether (sulfide) groups is 1. The van der Waals surface area contributed by atoms with Gasteiger partial charge in [-0.2, -0.15) is 4.68 Å². The Hall–Kier alpha value is -2.67. The molecule has 0 fully saturated rings. The molecule has 0 saturated heterocycles. The number of hydrogen-bond acceptors (Lipinski definition) is 5. The van der Waals surface area contributed by atoms with Crippen molar-refractivity contribution in [1.29, 1.82) is 0 Å². The molecule has 0 bridgehead atoms. The second kappa shape index (κ2) is 7.70. The van der Waals surface area contributed by atoms with Gasteiger partial charge < -0.3 is 5.32 Å². The Morgan fingerprint density at radius 3 is 2.38 bits per heavy atom. The first kappa shape index (κ1) is 18.1. The van der Waals surface area contributed by atoms with Gasteiger partial charge in [0.1, 0.15) is 0 Å². The number of aryl methyl sites for hydroxylation is 4. The summed E-state index contributed by atoms with van der Waals surface area (Å²) in [4.78, 5) is 12.2. The molecule has 0 aliphatic carbocycles. The van der Waals surface area contributed by atoms with Crippen LogP contribution in [0.25, 0.3) is 5.69 Å². The van der Waals surface area contributed by atoms with Gasteiger partial charge in [-0.15, -0.1) is 5.10 Å². The Morgan fingerprint density at radius 1 is 1.00 bits per heavy atom. The maximum Gasteiger partial charge on any atom is 0.234 e. The first-order valence-electron chi connectivity index (χ1n) is 8.30. The van der Waals surface area contributed by atoms with Crippen LogP contribution in [0.3, 0.4) is 0 Å². The third-order valence-electron chi connectivity index (χ3n) is 4.30. The maximum atomic E-state index is 12.2. The van der Waals surface area contributed by atoms with Gasteiger partial charge in [-0.3, -0.25) is 4.79 Å². The fraction of sp³-hybridized carbons (Fsp3) is 0.263. The van der Waals surface area contributed by atoms with Crippen LogP contribution in [0.1, 0.15) is 22.3 Å². The van der Waals surface area contributed by atoms with Crippen molar-refractivity contribution in [3.8, 4) is 5.69 Å². The lowest BCUT2D eigenvalue weighted by molar-refractivity contribution is -0.113. The molecule has 3 aromatic rings. The number of carbonyl (C=O) groups is 1. The molecule has 7 heteroatoms. The van der Waals surface area contributed by atoms with Gasteiger partial charge in [0.2, 0.25) is 11.1 Å². The van der Waals surface area contributed by atoms with E-state index >= 15 is 0 Å². The van der Waals surface area contributed by atoms with Crippen LogP contribution < -0.4 is 5.32 Å². The van der Waals surface area contributed by atoms with Gasteiger partial charge in [-0.25, -0.2) is 0 Å². The minimum absolute atomic E-state index is 0.0899. The van der Waals surface area contributed by atoms with Crippen molar-refractivity contribution in [2.75, 3.05) is 11.1 Å². The van der Waals surface area contributed by atoms with Gasteiger partial charge in [-0.05, 0) is 84.6 Å². The fourth-order valence-electron chi connectivity index (χ4n) is 2.43. The molecule has 134 valence electrons. The van der Waals surface area contributed by atoms with Crippen LogP contribution in [0.5, 0.6) is 0 Å². The lowest BCUT2D eigenvalue weighted by Gasteiger charge is -2.08. The van der Waals surface area contributed by atoms with E-state index in [1.54, 1.807) is 4.68 Å². The van der Waals surface area contributed by atoms with E-state index in [-0.39, 0.29) is 11.7 Å². The SMILES string of the molecule is Cc1ccc(NC(=O)CSc2nnnn2-c2ccc(C)c(C)c2)cc1C. The number of tetrazole rings is 1. The lowest BCUT2D eigenvalue weighted by Crippen LogP contribution is -2.14. The van der Waals surface area contributed by atoms with E-state index < -0.39 is 0 Å². The topological polar surface area (TPSA) is 72.7 Å². The van der Waals surface area contributed by atoms with Gasteiger partial charge in [0.05, 0.1) is 11.4 Å². The van der Waals surface area contributed by atoms with E-state index in [9.17, 15) is 4.79 Å². The zero-order valence-electron chi connectivity index (χ0n) is 15.3. The van der Waals surface area contributed by atoms with Crippen LogP contribution in [0.4, 0.5) is 5.69 Å². The molecule has 1 amide bonds. The number of carbonyl (C=O) groups excluding carboxylic acids is 1. The predicted octanol–water partition coefficient (Wildman–Crippen LogP) is 3.63. The molecule has 1 aromatic heterocycles. The van der Waals surface area contributed by atoms with Crippen molar-refractivity contribution in [2.24, 2.45) is 0 Å². The Kier molecular flexibility index (Phi) is 5.37. The number of aromatic nitrogens is 4. The number of rotatable bonds is 5.